The third kappa shape index (κ3) is 4.91. The van der Waals surface area contributed by atoms with Crippen molar-refractivity contribution in [3.8, 4) is 0 Å². The van der Waals surface area contributed by atoms with E-state index in [1.54, 1.807) is 23.1 Å². The molecule has 0 aromatic carbocycles. The first-order valence-corrected chi connectivity index (χ1v) is 11.6. The molecule has 3 aromatic heterocycles. The van der Waals surface area contributed by atoms with Gasteiger partial charge in [-0.25, -0.2) is 4.98 Å². The standard InChI is InChI=1S/C24H32N6O3/c1-5-30-15-17(14-25-30)21(32)16-6-10-29(11-7-16)20(31)13-24(2,3)12-19-26-22-18(23(33)27-19)8-9-28(22)4/h8-9,14-16H,5-7,10-13H2,1-4H3,(H,26,27,33). The van der Waals surface area contributed by atoms with Gasteiger partial charge in [0, 0.05) is 57.8 Å². The van der Waals surface area contributed by atoms with Crippen molar-refractivity contribution in [3.05, 3.63) is 46.4 Å². The minimum Gasteiger partial charge on any atom is -0.343 e. The monoisotopic (exact) mass is 452 g/mol. The molecule has 1 aliphatic heterocycles. The van der Waals surface area contributed by atoms with Gasteiger partial charge in [0.2, 0.25) is 5.91 Å². The molecule has 0 aliphatic carbocycles. The average Bonchev–Trinajstić information content (AvgIpc) is 3.40. The van der Waals surface area contributed by atoms with Crippen LogP contribution in [0.1, 0.15) is 56.2 Å². The van der Waals surface area contributed by atoms with Crippen molar-refractivity contribution in [1.29, 1.82) is 0 Å². The summed E-state index contributed by atoms with van der Waals surface area (Å²) in [5, 5.41) is 4.76. The number of nitrogens with one attached hydrogen (secondary N) is 1. The Kier molecular flexibility index (Phi) is 6.23. The molecule has 1 amide bonds. The van der Waals surface area contributed by atoms with Gasteiger partial charge in [-0.1, -0.05) is 13.8 Å². The highest BCUT2D eigenvalue weighted by atomic mass is 16.2. The molecule has 0 radical (unpaired) electrons. The minimum absolute atomic E-state index is 0.0668. The van der Waals surface area contributed by atoms with Gasteiger partial charge in [0.05, 0.1) is 17.1 Å². The van der Waals surface area contributed by atoms with Gasteiger partial charge in [-0.05, 0) is 31.2 Å². The van der Waals surface area contributed by atoms with Crippen molar-refractivity contribution in [2.45, 2.75) is 53.0 Å². The van der Waals surface area contributed by atoms with E-state index in [1.165, 1.54) is 0 Å². The van der Waals surface area contributed by atoms with E-state index in [9.17, 15) is 14.4 Å². The van der Waals surface area contributed by atoms with Crippen molar-refractivity contribution in [1.82, 2.24) is 29.2 Å². The van der Waals surface area contributed by atoms with Crippen molar-refractivity contribution in [2.75, 3.05) is 13.1 Å². The number of nitrogens with zero attached hydrogens (tertiary/aromatic N) is 5. The zero-order valence-corrected chi connectivity index (χ0v) is 19.8. The van der Waals surface area contributed by atoms with Crippen LogP contribution >= 0.6 is 0 Å². The molecule has 4 heterocycles. The first-order chi connectivity index (χ1) is 15.7. The van der Waals surface area contributed by atoms with E-state index in [0.717, 1.165) is 6.54 Å². The number of carbonyl (C=O) groups excluding carboxylic acids is 2. The van der Waals surface area contributed by atoms with Crippen LogP contribution in [0.3, 0.4) is 0 Å². The molecule has 0 unspecified atom stereocenters. The molecule has 0 bridgehead atoms. The van der Waals surface area contributed by atoms with E-state index in [1.807, 2.05) is 43.5 Å². The van der Waals surface area contributed by atoms with Crippen LogP contribution in [-0.4, -0.2) is 54.0 Å². The highest BCUT2D eigenvalue weighted by molar-refractivity contribution is 5.97. The van der Waals surface area contributed by atoms with Gasteiger partial charge in [-0.15, -0.1) is 0 Å². The molecule has 1 aliphatic rings. The normalized spacial score (nSPS) is 15.3. The fraction of sp³-hybridized carbons (Fsp3) is 0.542. The van der Waals surface area contributed by atoms with Gasteiger partial charge in [0.15, 0.2) is 5.78 Å². The van der Waals surface area contributed by atoms with Gasteiger partial charge in [0.25, 0.3) is 5.56 Å². The number of hydrogen-bond donors (Lipinski definition) is 1. The smallest absolute Gasteiger partial charge is 0.260 e. The molecule has 1 N–H and O–H groups in total. The zero-order chi connectivity index (χ0) is 23.8. The van der Waals surface area contributed by atoms with Crippen LogP contribution < -0.4 is 5.56 Å². The second kappa shape index (κ2) is 8.96. The summed E-state index contributed by atoms with van der Waals surface area (Å²) in [6.45, 7) is 7.91. The van der Waals surface area contributed by atoms with E-state index in [0.29, 0.717) is 61.2 Å². The van der Waals surface area contributed by atoms with Gasteiger partial charge >= 0.3 is 0 Å². The second-order valence-corrected chi connectivity index (χ2v) is 9.80. The molecule has 0 spiro atoms. The van der Waals surface area contributed by atoms with Crippen LogP contribution in [0.2, 0.25) is 0 Å². The van der Waals surface area contributed by atoms with E-state index < -0.39 is 0 Å². The molecule has 9 heteroatoms. The van der Waals surface area contributed by atoms with Crippen molar-refractivity contribution < 1.29 is 9.59 Å². The van der Waals surface area contributed by atoms with Gasteiger partial charge in [-0.2, -0.15) is 5.10 Å². The summed E-state index contributed by atoms with van der Waals surface area (Å²) < 4.78 is 3.58. The maximum Gasteiger partial charge on any atom is 0.260 e. The van der Waals surface area contributed by atoms with Crippen molar-refractivity contribution in [2.24, 2.45) is 18.4 Å². The summed E-state index contributed by atoms with van der Waals surface area (Å²) in [7, 11) is 1.86. The van der Waals surface area contributed by atoms with Crippen molar-refractivity contribution >= 4 is 22.7 Å². The van der Waals surface area contributed by atoms with Crippen molar-refractivity contribution in [3.63, 3.8) is 0 Å². The largest absolute Gasteiger partial charge is 0.343 e. The van der Waals surface area contributed by atoms with Crippen LogP contribution in [0.25, 0.3) is 11.0 Å². The molecule has 0 saturated carbocycles. The van der Waals surface area contributed by atoms with Crippen LogP contribution in [-0.2, 0) is 24.8 Å². The molecule has 33 heavy (non-hydrogen) atoms. The van der Waals surface area contributed by atoms with Crippen LogP contribution in [0.5, 0.6) is 0 Å². The minimum atomic E-state index is -0.368. The summed E-state index contributed by atoms with van der Waals surface area (Å²) in [6, 6.07) is 1.75. The molecule has 3 aromatic rings. The number of rotatable bonds is 7. The molecule has 176 valence electrons. The predicted octanol–water partition coefficient (Wildman–Crippen LogP) is 2.56. The summed E-state index contributed by atoms with van der Waals surface area (Å²) in [5.74, 6) is 0.715. The highest BCUT2D eigenvalue weighted by Crippen LogP contribution is 2.28. The summed E-state index contributed by atoms with van der Waals surface area (Å²) >= 11 is 0. The number of Topliss-reactive ketones (excluding diaryl/α,β-unsaturated/α-hetero) is 1. The number of amides is 1. The molecular weight excluding hydrogens is 420 g/mol. The van der Waals surface area contributed by atoms with Gasteiger partial charge < -0.3 is 14.5 Å². The van der Waals surface area contributed by atoms with Crippen LogP contribution in [0.4, 0.5) is 0 Å². The van der Waals surface area contributed by atoms with Gasteiger partial charge in [0.1, 0.15) is 11.5 Å². The third-order valence-corrected chi connectivity index (χ3v) is 6.52. The lowest BCUT2D eigenvalue weighted by atomic mass is 9.84. The Labute approximate surface area is 192 Å². The van der Waals surface area contributed by atoms with E-state index in [2.05, 4.69) is 15.1 Å². The van der Waals surface area contributed by atoms with Gasteiger partial charge in [-0.3, -0.25) is 19.1 Å². The number of aromatic amines is 1. The molecular formula is C24H32N6O3. The highest BCUT2D eigenvalue weighted by Gasteiger charge is 2.31. The first kappa shape index (κ1) is 22.9. The summed E-state index contributed by atoms with van der Waals surface area (Å²) in [6.07, 6.45) is 7.43. The lowest BCUT2D eigenvalue weighted by molar-refractivity contribution is -0.134. The third-order valence-electron chi connectivity index (χ3n) is 6.52. The Hall–Kier alpha value is -3.23. The Morgan fingerprint density at radius 3 is 2.64 bits per heavy atom. The SMILES string of the molecule is CCn1cc(C(=O)C2CCN(C(=O)CC(C)(C)Cc3nc4c(ccn4C)c(=O)[nH]3)CC2)cn1. The Morgan fingerprint density at radius 1 is 1.24 bits per heavy atom. The maximum absolute atomic E-state index is 13.0. The molecule has 1 fully saturated rings. The summed E-state index contributed by atoms with van der Waals surface area (Å²) in [4.78, 5) is 47.5. The molecule has 4 rings (SSSR count). The van der Waals surface area contributed by atoms with E-state index in [4.69, 9.17) is 0 Å². The van der Waals surface area contributed by atoms with Crippen LogP contribution in [0.15, 0.2) is 29.5 Å². The Bertz CT molecular complexity index is 1230. The topological polar surface area (TPSA) is 106 Å². The molecule has 1 saturated heterocycles. The number of carbonyl (C=O) groups is 2. The number of aromatic nitrogens is 5. The first-order valence-electron chi connectivity index (χ1n) is 11.6. The fourth-order valence-electron chi connectivity index (χ4n) is 4.60. The number of fused-ring (bicyclic) bond motifs is 1. The van der Waals surface area contributed by atoms with E-state index in [-0.39, 0.29) is 28.6 Å². The lowest BCUT2D eigenvalue weighted by Gasteiger charge is -2.34. The summed E-state index contributed by atoms with van der Waals surface area (Å²) in [5.41, 5.74) is 0.772. The number of aryl methyl sites for hydroxylation is 2. The quantitative estimate of drug-likeness (QED) is 0.555. The lowest BCUT2D eigenvalue weighted by Crippen LogP contribution is -2.42. The fourth-order valence-corrected chi connectivity index (χ4v) is 4.60. The molecule has 9 nitrogen and oxygen atoms in total. The Morgan fingerprint density at radius 2 is 1.97 bits per heavy atom. The predicted molar refractivity (Wildman–Crippen MR) is 125 cm³/mol. The average molecular weight is 453 g/mol. The molecule has 0 atom stereocenters. The second-order valence-electron chi connectivity index (χ2n) is 9.80. The number of likely N-dealkylation sites (tertiary alicyclic amines) is 1. The zero-order valence-electron chi connectivity index (χ0n) is 19.8. The van der Waals surface area contributed by atoms with E-state index >= 15 is 0 Å². The number of H-pyrrole nitrogens is 1. The number of hydrogen-bond acceptors (Lipinski definition) is 5. The van der Waals surface area contributed by atoms with Crippen LogP contribution in [0, 0.1) is 11.3 Å². The number of piperidine rings is 1. The Balaban J connectivity index is 1.35. The number of ketones is 1. The maximum atomic E-state index is 13.0.